The molecule has 1 rings (SSSR count). The van der Waals surface area contributed by atoms with E-state index >= 15 is 0 Å². The van der Waals surface area contributed by atoms with Crippen LogP contribution in [0.5, 0.6) is 0 Å². The minimum absolute atomic E-state index is 0.219. The van der Waals surface area contributed by atoms with Crippen LogP contribution in [0.4, 0.5) is 5.69 Å². The summed E-state index contributed by atoms with van der Waals surface area (Å²) in [6.45, 7) is 5.02. The van der Waals surface area contributed by atoms with Crippen molar-refractivity contribution in [2.24, 2.45) is 0 Å². The zero-order chi connectivity index (χ0) is 14.1. The van der Waals surface area contributed by atoms with E-state index in [-0.39, 0.29) is 5.75 Å². The predicted molar refractivity (Wildman–Crippen MR) is 81.4 cm³/mol. The Labute approximate surface area is 117 Å². The molecule has 0 saturated carbocycles. The highest BCUT2D eigenvalue weighted by molar-refractivity contribution is 7.91. The molecule has 0 amide bonds. The van der Waals surface area contributed by atoms with Gasteiger partial charge < -0.3 is 5.32 Å². The standard InChI is InChI=1S/C15H25NO2S/c1-3-5-6-7-12-16-14-8-10-15(11-9-14)19(17,18)13-4-2/h8-11,16H,3-7,12-13H2,1-2H3. The zero-order valence-corrected chi connectivity index (χ0v) is 12.8. The molecule has 0 aliphatic carbocycles. The number of benzene rings is 1. The van der Waals surface area contributed by atoms with Gasteiger partial charge in [0, 0.05) is 12.2 Å². The van der Waals surface area contributed by atoms with Crippen LogP contribution in [0.15, 0.2) is 29.2 Å². The molecule has 0 saturated heterocycles. The molecule has 1 aromatic carbocycles. The van der Waals surface area contributed by atoms with Gasteiger partial charge in [-0.3, -0.25) is 0 Å². The second-order valence-corrected chi connectivity index (χ2v) is 6.94. The van der Waals surface area contributed by atoms with Crippen molar-refractivity contribution >= 4 is 15.5 Å². The second-order valence-electron chi connectivity index (χ2n) is 4.83. The lowest BCUT2D eigenvalue weighted by atomic mass is 10.2. The topological polar surface area (TPSA) is 46.2 Å². The summed E-state index contributed by atoms with van der Waals surface area (Å²) in [6, 6.07) is 7.09. The minimum Gasteiger partial charge on any atom is -0.385 e. The van der Waals surface area contributed by atoms with Gasteiger partial charge in [0.15, 0.2) is 9.84 Å². The van der Waals surface area contributed by atoms with Gasteiger partial charge in [0.1, 0.15) is 0 Å². The number of unbranched alkanes of at least 4 members (excludes halogenated alkanes) is 3. The van der Waals surface area contributed by atoms with Crippen LogP contribution in [0.25, 0.3) is 0 Å². The average Bonchev–Trinajstić information content (AvgIpc) is 2.39. The summed E-state index contributed by atoms with van der Waals surface area (Å²) in [4.78, 5) is 0.422. The maximum Gasteiger partial charge on any atom is 0.178 e. The van der Waals surface area contributed by atoms with Crippen LogP contribution in [0.3, 0.4) is 0 Å². The van der Waals surface area contributed by atoms with Gasteiger partial charge >= 0.3 is 0 Å². The average molecular weight is 283 g/mol. The molecule has 19 heavy (non-hydrogen) atoms. The molecule has 0 aliphatic rings. The summed E-state index contributed by atoms with van der Waals surface area (Å²) in [5.41, 5.74) is 0.993. The minimum atomic E-state index is -3.09. The summed E-state index contributed by atoms with van der Waals surface area (Å²) in [5.74, 6) is 0.219. The van der Waals surface area contributed by atoms with E-state index in [0.717, 1.165) is 18.7 Å². The second kappa shape index (κ2) is 8.20. The highest BCUT2D eigenvalue weighted by Crippen LogP contribution is 2.16. The van der Waals surface area contributed by atoms with Crippen molar-refractivity contribution in [2.75, 3.05) is 17.6 Å². The molecule has 0 heterocycles. The van der Waals surface area contributed by atoms with Crippen LogP contribution in [-0.2, 0) is 9.84 Å². The van der Waals surface area contributed by atoms with Gasteiger partial charge in [-0.25, -0.2) is 8.42 Å². The lowest BCUT2D eigenvalue weighted by molar-refractivity contribution is 0.595. The summed E-state index contributed by atoms with van der Waals surface area (Å²) >= 11 is 0. The molecule has 3 nitrogen and oxygen atoms in total. The third kappa shape index (κ3) is 5.64. The van der Waals surface area contributed by atoms with Crippen LogP contribution in [-0.4, -0.2) is 20.7 Å². The van der Waals surface area contributed by atoms with Gasteiger partial charge in [-0.2, -0.15) is 0 Å². The van der Waals surface area contributed by atoms with Gasteiger partial charge in [-0.05, 0) is 37.1 Å². The van der Waals surface area contributed by atoms with Crippen molar-refractivity contribution in [1.82, 2.24) is 0 Å². The molecule has 0 radical (unpaired) electrons. The Kier molecular flexibility index (Phi) is 6.92. The molecule has 0 spiro atoms. The fourth-order valence-electron chi connectivity index (χ4n) is 1.95. The largest absolute Gasteiger partial charge is 0.385 e. The Balaban J connectivity index is 2.48. The lowest BCUT2D eigenvalue weighted by Crippen LogP contribution is -2.06. The number of rotatable bonds is 9. The monoisotopic (exact) mass is 283 g/mol. The maximum absolute atomic E-state index is 11.9. The van der Waals surface area contributed by atoms with E-state index in [2.05, 4.69) is 12.2 Å². The molecule has 0 fully saturated rings. The van der Waals surface area contributed by atoms with Crippen LogP contribution >= 0.6 is 0 Å². The van der Waals surface area contributed by atoms with Crippen LogP contribution < -0.4 is 5.32 Å². The molecular weight excluding hydrogens is 258 g/mol. The zero-order valence-electron chi connectivity index (χ0n) is 12.0. The number of hydrogen-bond donors (Lipinski definition) is 1. The molecule has 0 aromatic heterocycles. The Morgan fingerprint density at radius 2 is 1.63 bits per heavy atom. The maximum atomic E-state index is 11.9. The van der Waals surface area contributed by atoms with E-state index in [0.29, 0.717) is 11.3 Å². The number of nitrogens with one attached hydrogen (secondary N) is 1. The highest BCUT2D eigenvalue weighted by Gasteiger charge is 2.12. The molecule has 4 heteroatoms. The molecule has 108 valence electrons. The summed E-state index contributed by atoms with van der Waals surface area (Å²) < 4.78 is 23.7. The molecule has 0 unspecified atom stereocenters. The highest BCUT2D eigenvalue weighted by atomic mass is 32.2. The lowest BCUT2D eigenvalue weighted by Gasteiger charge is -2.07. The van der Waals surface area contributed by atoms with E-state index < -0.39 is 9.84 Å². The molecule has 0 atom stereocenters. The van der Waals surface area contributed by atoms with Gasteiger partial charge in [0.2, 0.25) is 0 Å². The predicted octanol–water partition coefficient (Wildman–Crippen LogP) is 3.86. The molecule has 1 N–H and O–H groups in total. The van der Waals surface area contributed by atoms with Crippen molar-refractivity contribution in [3.05, 3.63) is 24.3 Å². The van der Waals surface area contributed by atoms with E-state index in [4.69, 9.17) is 0 Å². The smallest absolute Gasteiger partial charge is 0.178 e. The molecule has 0 aliphatic heterocycles. The summed E-state index contributed by atoms with van der Waals surface area (Å²) in [7, 11) is -3.09. The Morgan fingerprint density at radius 3 is 2.21 bits per heavy atom. The van der Waals surface area contributed by atoms with E-state index in [1.807, 2.05) is 19.1 Å². The number of hydrogen-bond acceptors (Lipinski definition) is 3. The third-order valence-corrected chi connectivity index (χ3v) is 4.98. The first-order chi connectivity index (χ1) is 9.10. The Hall–Kier alpha value is -1.03. The summed E-state index contributed by atoms with van der Waals surface area (Å²) in [5, 5.41) is 3.32. The van der Waals surface area contributed by atoms with Crippen LogP contribution in [0.1, 0.15) is 46.0 Å². The van der Waals surface area contributed by atoms with E-state index in [9.17, 15) is 8.42 Å². The fraction of sp³-hybridized carbons (Fsp3) is 0.600. The van der Waals surface area contributed by atoms with Crippen molar-refractivity contribution in [3.63, 3.8) is 0 Å². The van der Waals surface area contributed by atoms with E-state index in [1.165, 1.54) is 19.3 Å². The van der Waals surface area contributed by atoms with Gasteiger partial charge in [0.05, 0.1) is 10.6 Å². The Bertz CT molecular complexity index is 452. The van der Waals surface area contributed by atoms with Gasteiger partial charge in [0.25, 0.3) is 0 Å². The number of anilines is 1. The normalized spacial score (nSPS) is 11.5. The SMILES string of the molecule is CCCCCCNc1ccc(S(=O)(=O)CCC)cc1. The summed E-state index contributed by atoms with van der Waals surface area (Å²) in [6.07, 6.45) is 5.57. The molecule has 0 bridgehead atoms. The van der Waals surface area contributed by atoms with Gasteiger partial charge in [-0.1, -0.05) is 33.1 Å². The van der Waals surface area contributed by atoms with Crippen LogP contribution in [0.2, 0.25) is 0 Å². The van der Waals surface area contributed by atoms with Crippen molar-refractivity contribution in [3.8, 4) is 0 Å². The Morgan fingerprint density at radius 1 is 0.947 bits per heavy atom. The van der Waals surface area contributed by atoms with Crippen molar-refractivity contribution in [1.29, 1.82) is 0 Å². The fourth-order valence-corrected chi connectivity index (χ4v) is 3.28. The quantitative estimate of drug-likeness (QED) is 0.700. The molecule has 1 aromatic rings. The van der Waals surface area contributed by atoms with E-state index in [1.54, 1.807) is 12.1 Å². The van der Waals surface area contributed by atoms with Crippen molar-refractivity contribution < 1.29 is 8.42 Å². The number of sulfone groups is 1. The first-order valence-electron chi connectivity index (χ1n) is 7.17. The van der Waals surface area contributed by atoms with Gasteiger partial charge in [-0.15, -0.1) is 0 Å². The van der Waals surface area contributed by atoms with Crippen molar-refractivity contribution in [2.45, 2.75) is 50.8 Å². The third-order valence-electron chi connectivity index (χ3n) is 3.05. The molecular formula is C15H25NO2S. The first kappa shape index (κ1) is 16.0. The first-order valence-corrected chi connectivity index (χ1v) is 8.82. The van der Waals surface area contributed by atoms with Crippen LogP contribution in [0, 0.1) is 0 Å².